The number of ether oxygens (including phenoxy) is 3. The third-order valence-electron chi connectivity index (χ3n) is 8.10. The van der Waals surface area contributed by atoms with E-state index in [1.165, 1.54) is 6.07 Å². The molecule has 1 saturated heterocycles. The first-order chi connectivity index (χ1) is 18.7. The highest BCUT2D eigenvalue weighted by Crippen LogP contribution is 2.47. The van der Waals surface area contributed by atoms with Crippen molar-refractivity contribution < 1.29 is 28.5 Å². The average Bonchev–Trinajstić information content (AvgIpc) is 3.76. The minimum Gasteiger partial charge on any atom is -0.497 e. The summed E-state index contributed by atoms with van der Waals surface area (Å²) in [7, 11) is 1.58. The molecule has 39 heavy (non-hydrogen) atoms. The van der Waals surface area contributed by atoms with Gasteiger partial charge in [0.2, 0.25) is 0 Å². The number of methoxy groups -OCH3 is 1. The second-order valence-corrected chi connectivity index (χ2v) is 11.5. The SMILES string of the molecule is COc1ccc(F)c(-c2ccc(COc3cccc([C@H](CC(=O)O)C4CC4)c3)cc2[C@@H]2OCCCC2(C)C)c1. The van der Waals surface area contributed by atoms with Gasteiger partial charge in [-0.2, -0.15) is 0 Å². The van der Waals surface area contributed by atoms with Crippen LogP contribution in [0.2, 0.25) is 0 Å². The van der Waals surface area contributed by atoms with Crippen molar-refractivity contribution >= 4 is 5.97 Å². The Bertz CT molecular complexity index is 1330. The number of halogens is 1. The molecule has 6 heteroatoms. The van der Waals surface area contributed by atoms with E-state index in [9.17, 15) is 9.90 Å². The van der Waals surface area contributed by atoms with Gasteiger partial charge in [0.15, 0.2) is 0 Å². The Balaban J connectivity index is 1.44. The van der Waals surface area contributed by atoms with Gasteiger partial charge in [0, 0.05) is 12.2 Å². The maximum absolute atomic E-state index is 15.1. The van der Waals surface area contributed by atoms with Crippen LogP contribution in [0.4, 0.5) is 4.39 Å². The van der Waals surface area contributed by atoms with Crippen molar-refractivity contribution in [3.05, 3.63) is 83.2 Å². The van der Waals surface area contributed by atoms with Gasteiger partial charge in [-0.25, -0.2) is 4.39 Å². The molecule has 3 aromatic carbocycles. The zero-order chi connectivity index (χ0) is 27.6. The van der Waals surface area contributed by atoms with Crippen molar-refractivity contribution in [3.8, 4) is 22.6 Å². The van der Waals surface area contributed by atoms with E-state index in [-0.39, 0.29) is 29.7 Å². The number of hydrogen-bond donors (Lipinski definition) is 1. The number of rotatable bonds is 10. The first-order valence-corrected chi connectivity index (χ1v) is 13.8. The lowest BCUT2D eigenvalue weighted by Gasteiger charge is -2.39. The maximum atomic E-state index is 15.1. The van der Waals surface area contributed by atoms with Crippen molar-refractivity contribution in [3.63, 3.8) is 0 Å². The molecule has 0 radical (unpaired) electrons. The molecule has 1 saturated carbocycles. The summed E-state index contributed by atoms with van der Waals surface area (Å²) in [5.41, 5.74) is 4.07. The summed E-state index contributed by atoms with van der Waals surface area (Å²) in [5, 5.41) is 9.39. The molecule has 1 N–H and O–H groups in total. The monoisotopic (exact) mass is 532 g/mol. The smallest absolute Gasteiger partial charge is 0.303 e. The molecule has 3 aromatic rings. The van der Waals surface area contributed by atoms with Crippen LogP contribution in [0, 0.1) is 17.2 Å². The molecular formula is C33H37FO5. The minimum absolute atomic E-state index is 0.0142. The number of hydrogen-bond acceptors (Lipinski definition) is 4. The Morgan fingerprint density at radius 1 is 1.08 bits per heavy atom. The van der Waals surface area contributed by atoms with E-state index in [1.54, 1.807) is 19.2 Å². The summed E-state index contributed by atoms with van der Waals surface area (Å²) >= 11 is 0. The molecule has 5 rings (SSSR count). The van der Waals surface area contributed by atoms with Gasteiger partial charge in [0.25, 0.3) is 0 Å². The van der Waals surface area contributed by atoms with Crippen molar-refractivity contribution in [2.75, 3.05) is 13.7 Å². The molecule has 2 fully saturated rings. The number of aliphatic carboxylic acids is 1. The van der Waals surface area contributed by atoms with Crippen molar-refractivity contribution in [1.29, 1.82) is 0 Å². The molecule has 5 nitrogen and oxygen atoms in total. The van der Waals surface area contributed by atoms with Gasteiger partial charge < -0.3 is 19.3 Å². The van der Waals surface area contributed by atoms with Gasteiger partial charge in [0.1, 0.15) is 23.9 Å². The van der Waals surface area contributed by atoms with E-state index in [4.69, 9.17) is 14.2 Å². The zero-order valence-corrected chi connectivity index (χ0v) is 22.9. The highest BCUT2D eigenvalue weighted by atomic mass is 19.1. The Labute approximate surface area is 229 Å². The first-order valence-electron chi connectivity index (χ1n) is 13.8. The summed E-state index contributed by atoms with van der Waals surface area (Å²) in [5.74, 6) is 0.676. The van der Waals surface area contributed by atoms with E-state index in [0.717, 1.165) is 47.9 Å². The van der Waals surface area contributed by atoms with Gasteiger partial charge in [-0.05, 0) is 102 Å². The second-order valence-electron chi connectivity index (χ2n) is 11.5. The van der Waals surface area contributed by atoms with Crippen LogP contribution in [0.15, 0.2) is 60.7 Å². The molecule has 0 amide bonds. The predicted molar refractivity (Wildman–Crippen MR) is 149 cm³/mol. The lowest BCUT2D eigenvalue weighted by atomic mass is 9.75. The van der Waals surface area contributed by atoms with Crippen LogP contribution < -0.4 is 9.47 Å². The topological polar surface area (TPSA) is 65.0 Å². The summed E-state index contributed by atoms with van der Waals surface area (Å²) in [6.07, 6.45) is 4.11. The molecule has 1 aliphatic carbocycles. The van der Waals surface area contributed by atoms with Crippen LogP contribution in [-0.2, 0) is 16.1 Å². The lowest BCUT2D eigenvalue weighted by Crippen LogP contribution is -2.30. The van der Waals surface area contributed by atoms with Crippen LogP contribution in [0.1, 0.15) is 74.7 Å². The molecule has 0 aromatic heterocycles. The quantitative estimate of drug-likeness (QED) is 0.287. The molecule has 1 aliphatic heterocycles. The molecule has 0 unspecified atom stereocenters. The van der Waals surface area contributed by atoms with Crippen LogP contribution in [-0.4, -0.2) is 24.8 Å². The van der Waals surface area contributed by atoms with Gasteiger partial charge in [0.05, 0.1) is 19.6 Å². The second kappa shape index (κ2) is 11.4. The lowest BCUT2D eigenvalue weighted by molar-refractivity contribution is -0.137. The van der Waals surface area contributed by atoms with E-state index in [2.05, 4.69) is 19.9 Å². The fourth-order valence-electron chi connectivity index (χ4n) is 5.84. The molecule has 1 heterocycles. The van der Waals surface area contributed by atoms with E-state index in [0.29, 0.717) is 36.2 Å². The van der Waals surface area contributed by atoms with Gasteiger partial charge >= 0.3 is 5.97 Å². The Morgan fingerprint density at radius 2 is 1.90 bits per heavy atom. The van der Waals surface area contributed by atoms with Crippen molar-refractivity contribution in [2.24, 2.45) is 11.3 Å². The van der Waals surface area contributed by atoms with Crippen LogP contribution >= 0.6 is 0 Å². The maximum Gasteiger partial charge on any atom is 0.303 e. The van der Waals surface area contributed by atoms with Crippen molar-refractivity contribution in [2.45, 2.75) is 64.6 Å². The Hall–Kier alpha value is -3.38. The van der Waals surface area contributed by atoms with Crippen LogP contribution in [0.3, 0.4) is 0 Å². The minimum atomic E-state index is -0.772. The fourth-order valence-corrected chi connectivity index (χ4v) is 5.84. The molecular weight excluding hydrogens is 495 g/mol. The zero-order valence-electron chi connectivity index (χ0n) is 22.9. The Morgan fingerprint density at radius 3 is 2.62 bits per heavy atom. The highest BCUT2D eigenvalue weighted by molar-refractivity contribution is 5.71. The standard InChI is InChI=1S/C33H37FO5/c1-33(2)14-5-15-38-32(33)29-16-21(8-12-26(29)28-18-24(37-3)11-13-30(28)34)20-39-25-7-4-6-23(17-25)27(19-31(35)36)22-9-10-22/h4,6-8,11-13,16-18,22,27,32H,5,9-10,14-15,19-20H2,1-3H3,(H,35,36)/t27-,32+/m1/s1. The molecule has 206 valence electrons. The third kappa shape index (κ3) is 6.27. The van der Waals surface area contributed by atoms with Gasteiger partial charge in [-0.15, -0.1) is 0 Å². The normalized spacial score (nSPS) is 19.3. The van der Waals surface area contributed by atoms with Gasteiger partial charge in [-0.1, -0.05) is 38.1 Å². The molecule has 0 spiro atoms. The Kier molecular flexibility index (Phi) is 7.94. The number of carbonyl (C=O) groups is 1. The number of benzene rings is 3. The van der Waals surface area contributed by atoms with Crippen LogP contribution in [0.5, 0.6) is 11.5 Å². The summed E-state index contributed by atoms with van der Waals surface area (Å²) in [4.78, 5) is 11.4. The van der Waals surface area contributed by atoms with E-state index < -0.39 is 5.97 Å². The molecule has 2 atom stereocenters. The van der Waals surface area contributed by atoms with Gasteiger partial charge in [-0.3, -0.25) is 4.79 Å². The summed E-state index contributed by atoms with van der Waals surface area (Å²) in [6.45, 7) is 5.40. The third-order valence-corrected chi connectivity index (χ3v) is 8.10. The van der Waals surface area contributed by atoms with Crippen molar-refractivity contribution in [1.82, 2.24) is 0 Å². The largest absolute Gasteiger partial charge is 0.497 e. The molecule has 2 aliphatic rings. The average molecular weight is 533 g/mol. The summed E-state index contributed by atoms with van der Waals surface area (Å²) < 4.78 is 33.0. The number of carboxylic acids is 1. The fraction of sp³-hybridized carbons (Fsp3) is 0.424. The first kappa shape index (κ1) is 27.2. The number of carboxylic acid groups (broad SMARTS) is 1. The predicted octanol–water partition coefficient (Wildman–Crippen LogP) is 7.93. The summed E-state index contributed by atoms with van der Waals surface area (Å²) in [6, 6.07) is 18.6. The molecule has 0 bridgehead atoms. The van der Waals surface area contributed by atoms with Crippen LogP contribution in [0.25, 0.3) is 11.1 Å². The van der Waals surface area contributed by atoms with E-state index >= 15 is 4.39 Å². The van der Waals surface area contributed by atoms with E-state index in [1.807, 2.05) is 36.4 Å². The highest BCUT2D eigenvalue weighted by Gasteiger charge is 2.37.